The van der Waals surface area contributed by atoms with E-state index in [1.165, 1.54) is 27.3 Å². The van der Waals surface area contributed by atoms with Crippen LogP contribution in [0.4, 0.5) is 9.52 Å². The van der Waals surface area contributed by atoms with Gasteiger partial charge in [-0.1, -0.05) is 62.4 Å². The molecule has 1 unspecified atom stereocenters. The number of aliphatic hydroxyl groups excluding tert-OH is 1. The van der Waals surface area contributed by atoms with Gasteiger partial charge in [-0.3, -0.25) is 29.3 Å². The molecule has 0 radical (unpaired) electrons. The van der Waals surface area contributed by atoms with Crippen LogP contribution >= 0.6 is 22.7 Å². The number of aryl methyl sites for hydroxylation is 1. The number of halogens is 1. The zero-order valence-electron chi connectivity index (χ0n) is 46.5. The van der Waals surface area contributed by atoms with Gasteiger partial charge in [-0.15, -0.1) is 22.7 Å². The Hall–Kier alpha value is -7.97. The second-order valence-electron chi connectivity index (χ2n) is 20.2. The van der Waals surface area contributed by atoms with E-state index in [4.69, 9.17) is 28.2 Å². The summed E-state index contributed by atoms with van der Waals surface area (Å²) in [6.07, 6.45) is 0.785. The highest BCUT2D eigenvalue weighted by atomic mass is 32.1. The first-order valence-electron chi connectivity index (χ1n) is 27.4. The average molecular weight is 1190 g/mol. The highest BCUT2D eigenvalue weighted by Crippen LogP contribution is 2.39. The number of anilines is 1. The number of hydrogen-bond acceptors (Lipinski definition) is 18. The monoisotopic (exact) mass is 1190 g/mol. The van der Waals surface area contributed by atoms with Gasteiger partial charge >= 0.3 is 0 Å². The van der Waals surface area contributed by atoms with Crippen molar-refractivity contribution < 1.29 is 66.8 Å². The van der Waals surface area contributed by atoms with Gasteiger partial charge in [0, 0.05) is 66.9 Å². The van der Waals surface area contributed by atoms with Crippen LogP contribution in [0.5, 0.6) is 11.6 Å². The van der Waals surface area contributed by atoms with Gasteiger partial charge < -0.3 is 58.9 Å². The van der Waals surface area contributed by atoms with Crippen LogP contribution in [0.15, 0.2) is 113 Å². The zero-order valence-corrected chi connectivity index (χ0v) is 48.1. The van der Waals surface area contributed by atoms with Crippen LogP contribution in [-0.2, 0) is 46.4 Å². The van der Waals surface area contributed by atoms with Gasteiger partial charge in [-0.25, -0.2) is 14.4 Å². The minimum atomic E-state index is -1.35. The lowest BCUT2D eigenvalue weighted by atomic mass is 9.91. The summed E-state index contributed by atoms with van der Waals surface area (Å²) in [4.78, 5) is 80.1. The second-order valence-corrected chi connectivity index (χ2v) is 22.0. The first kappa shape index (κ1) is 60.6. The summed E-state index contributed by atoms with van der Waals surface area (Å²) in [5, 5.41) is 35.7. The number of ether oxygens (including phenoxy) is 5. The van der Waals surface area contributed by atoms with Crippen molar-refractivity contribution in [2.45, 2.75) is 64.4 Å². The van der Waals surface area contributed by atoms with Crippen LogP contribution in [-0.4, -0.2) is 149 Å². The highest BCUT2D eigenvalue weighted by molar-refractivity contribution is 7.14. The lowest BCUT2D eigenvalue weighted by Gasteiger charge is -2.28. The smallest absolute Gasteiger partial charge is 0.255 e. The first-order valence-corrected chi connectivity index (χ1v) is 29.2. The van der Waals surface area contributed by atoms with E-state index in [0.29, 0.717) is 67.7 Å². The fourth-order valence-electron chi connectivity index (χ4n) is 9.85. The topological polar surface area (TPSA) is 266 Å². The molecule has 9 rings (SSSR count). The van der Waals surface area contributed by atoms with Gasteiger partial charge in [0.2, 0.25) is 11.8 Å². The van der Waals surface area contributed by atoms with Crippen LogP contribution < -0.4 is 20.7 Å². The number of phenolic OH excluding ortho intramolecular Hbond substituents is 1. The molecule has 5 amide bonds. The number of carbonyl (C=O) groups excluding carboxylic acids is 5. The van der Waals surface area contributed by atoms with E-state index >= 15 is 0 Å². The number of β-amino-alcohol motifs (C(OH)–C–C–N with tert-alkyl or cyclic N) is 1. The molecule has 0 saturated carbocycles. The Morgan fingerprint density at radius 3 is 2.18 bits per heavy atom. The largest absolute Gasteiger partial charge is 0.508 e. The van der Waals surface area contributed by atoms with Crippen LogP contribution in [0.3, 0.4) is 0 Å². The van der Waals surface area contributed by atoms with Gasteiger partial charge in [-0.05, 0) is 82.2 Å². The summed E-state index contributed by atoms with van der Waals surface area (Å²) in [6.45, 7) is 9.00. The van der Waals surface area contributed by atoms with E-state index in [2.05, 4.69) is 31.1 Å². The molecule has 1 saturated heterocycles. The maximum Gasteiger partial charge on any atom is 0.255 e. The molecule has 1 fully saturated rings. The van der Waals surface area contributed by atoms with Crippen molar-refractivity contribution in [3.63, 3.8) is 0 Å². The number of aliphatic hydroxyl groups is 1. The van der Waals surface area contributed by atoms with Gasteiger partial charge in [0.15, 0.2) is 10.9 Å². The predicted octanol–water partition coefficient (Wildman–Crippen LogP) is 7.30. The quantitative estimate of drug-likeness (QED) is 0.0288. The van der Waals surface area contributed by atoms with Gasteiger partial charge in [0.25, 0.3) is 23.6 Å². The number of aromatic nitrogens is 3. The highest BCUT2D eigenvalue weighted by Gasteiger charge is 2.44. The van der Waals surface area contributed by atoms with Crippen LogP contribution in [0.2, 0.25) is 0 Å². The number of hydrogen-bond donors (Lipinski definition) is 5. The number of likely N-dealkylation sites (tertiary alicyclic amines) is 1. The van der Waals surface area contributed by atoms with Crippen LogP contribution in [0, 0.1) is 18.7 Å². The van der Waals surface area contributed by atoms with E-state index in [1.807, 2.05) is 56.6 Å². The summed E-state index contributed by atoms with van der Waals surface area (Å²) in [5.74, 6) is -3.62. The van der Waals surface area contributed by atoms with Crippen molar-refractivity contribution in [1.29, 1.82) is 0 Å². The standard InChI is InChI=1S/C60H65FN8O13S2/c1-36(2)52(59(76)68-34-45(70)30-48(68)56(73)64-32-38-4-6-40(7-5-38)54-37(3)65-35-84-54)50-31-51(67-82-50)81-26-25-80-24-23-79-22-21-78-20-19-77-18-16-62-55(72)41-10-8-39(9-11-41)42-12-13-43-33-69(58(75)46(43)28-42)53(47-29-44(61)14-15-49(47)71)57(74)66-60-63-17-27-83-60/h4-15,17,27-29,31,35-36,45,48,52-53,70-71H,16,18-26,30,32-34H2,1-3H3,(H,62,72)(H,64,73)(H,63,66,74)/t45-,48+,52-,53?/m1/s1. The molecule has 4 aromatic carbocycles. The number of fused-ring (bicyclic) bond motifs is 1. The van der Waals surface area contributed by atoms with Crippen molar-refractivity contribution in [3.05, 3.63) is 153 Å². The number of rotatable bonds is 29. The Kier molecular flexibility index (Phi) is 20.9. The molecule has 2 aliphatic heterocycles. The third-order valence-electron chi connectivity index (χ3n) is 14.1. The number of carbonyl (C=O) groups is 5. The van der Waals surface area contributed by atoms with E-state index in [0.717, 1.165) is 45.5 Å². The predicted molar refractivity (Wildman–Crippen MR) is 309 cm³/mol. The number of nitrogens with zero attached hydrogens (tertiary/aromatic N) is 5. The lowest BCUT2D eigenvalue weighted by molar-refractivity contribution is -0.141. The number of amides is 5. The van der Waals surface area contributed by atoms with Gasteiger partial charge in [0.1, 0.15) is 36.2 Å². The number of phenols is 1. The summed E-state index contributed by atoms with van der Waals surface area (Å²) in [5.41, 5.74) is 7.55. The minimum absolute atomic E-state index is 0.0206. The number of aromatic hydroxyl groups is 1. The normalized spacial score (nSPS) is 15.5. The Morgan fingerprint density at radius 1 is 0.810 bits per heavy atom. The molecule has 0 spiro atoms. The van der Waals surface area contributed by atoms with Crippen LogP contribution in [0.1, 0.15) is 81.1 Å². The van der Waals surface area contributed by atoms with Gasteiger partial charge in [0.05, 0.1) is 75.0 Å². The molecule has 2 aliphatic rings. The molecule has 24 heteroatoms. The van der Waals surface area contributed by atoms with E-state index in [1.54, 1.807) is 59.2 Å². The Morgan fingerprint density at radius 2 is 1.50 bits per heavy atom. The third-order valence-corrected chi connectivity index (χ3v) is 15.8. The van der Waals surface area contributed by atoms with E-state index < -0.39 is 41.7 Å². The zero-order chi connectivity index (χ0) is 59.1. The maximum absolute atomic E-state index is 14.4. The molecule has 21 nitrogen and oxygen atoms in total. The van der Waals surface area contributed by atoms with Crippen LogP contribution in [0.25, 0.3) is 21.6 Å². The molecule has 0 bridgehead atoms. The van der Waals surface area contributed by atoms with Crippen molar-refractivity contribution in [2.24, 2.45) is 5.92 Å². The summed E-state index contributed by atoms with van der Waals surface area (Å²) < 4.78 is 48.1. The molecule has 3 aromatic heterocycles. The molecule has 84 heavy (non-hydrogen) atoms. The summed E-state index contributed by atoms with van der Waals surface area (Å²) in [6, 6.07) is 22.7. The Bertz CT molecular complexity index is 3360. The third kappa shape index (κ3) is 15.4. The molecular weight excluding hydrogens is 1120 g/mol. The molecule has 5 heterocycles. The van der Waals surface area contributed by atoms with Crippen molar-refractivity contribution in [2.75, 3.05) is 77.9 Å². The van der Waals surface area contributed by atoms with Crippen molar-refractivity contribution in [1.82, 2.24) is 35.6 Å². The lowest BCUT2D eigenvalue weighted by Crippen LogP contribution is -2.48. The molecular formula is C60H65FN8O13S2. The number of nitrogens with one attached hydrogen (secondary N) is 3. The van der Waals surface area contributed by atoms with Gasteiger partial charge in [-0.2, -0.15) is 0 Å². The molecule has 442 valence electrons. The molecule has 0 aliphatic carbocycles. The summed E-state index contributed by atoms with van der Waals surface area (Å²) >= 11 is 2.75. The fraction of sp³-hybridized carbons (Fsp3) is 0.367. The fourth-order valence-corrected chi connectivity index (χ4v) is 11.2. The van der Waals surface area contributed by atoms with E-state index in [-0.39, 0.29) is 98.4 Å². The minimum Gasteiger partial charge on any atom is -0.508 e. The number of benzene rings is 4. The summed E-state index contributed by atoms with van der Waals surface area (Å²) in [7, 11) is 0. The Balaban J connectivity index is 0.609. The molecule has 4 atom stereocenters. The van der Waals surface area contributed by atoms with E-state index in [9.17, 15) is 38.6 Å². The number of thiazole rings is 2. The SMILES string of the molecule is Cc1ncsc1-c1ccc(CNC(=O)[C@@H]2C[C@@H](O)CN2C(=O)[C@@H](c2cc(OCCOCCOCCOCCOCCNC(=O)c3ccc(-c4ccc5c(c4)C(=O)N(C(C(=O)Nc4nccs4)c4cc(F)ccc4O)C5)cc3)no2)C(C)C)cc1. The second kappa shape index (κ2) is 29.0. The molecule has 5 N–H and O–H groups in total. The average Bonchev–Trinajstić information content (AvgIpc) is 3.37. The van der Waals surface area contributed by atoms with Crippen molar-refractivity contribution >= 4 is 57.3 Å². The first-order chi connectivity index (χ1) is 40.7. The molecule has 7 aromatic rings. The van der Waals surface area contributed by atoms with Crippen molar-refractivity contribution in [3.8, 4) is 33.2 Å². The maximum atomic E-state index is 14.4. The Labute approximate surface area is 492 Å².